The van der Waals surface area contributed by atoms with Crippen LogP contribution in [-0.4, -0.2) is 18.9 Å². The van der Waals surface area contributed by atoms with E-state index in [1.165, 1.54) is 16.7 Å². The van der Waals surface area contributed by atoms with Crippen molar-refractivity contribution >= 4 is 35.0 Å². The molecule has 0 N–H and O–H groups in total. The molecule has 1 aliphatic heterocycles. The van der Waals surface area contributed by atoms with E-state index in [1.54, 1.807) is 4.90 Å². The second-order valence-electron chi connectivity index (χ2n) is 7.78. The molecule has 0 atom stereocenters. The Balaban J connectivity index is 1.81. The van der Waals surface area contributed by atoms with Gasteiger partial charge >= 0.3 is 0 Å². The first-order valence-electron chi connectivity index (χ1n) is 10.1. The van der Waals surface area contributed by atoms with E-state index >= 15 is 0 Å². The molecular formula is C26H24N2O2S. The minimum atomic E-state index is -0.309. The Labute approximate surface area is 187 Å². The molecule has 0 aromatic heterocycles. The van der Waals surface area contributed by atoms with Crippen molar-refractivity contribution in [2.24, 2.45) is 0 Å². The Bertz CT molecular complexity index is 1160. The summed E-state index contributed by atoms with van der Waals surface area (Å²) in [6.07, 6.45) is 0. The van der Waals surface area contributed by atoms with Gasteiger partial charge in [-0.1, -0.05) is 53.7 Å². The van der Waals surface area contributed by atoms with Gasteiger partial charge in [0.25, 0.3) is 11.8 Å². The van der Waals surface area contributed by atoms with Crippen LogP contribution in [0.1, 0.15) is 16.7 Å². The highest BCUT2D eigenvalue weighted by molar-refractivity contribution is 8.04. The van der Waals surface area contributed by atoms with Crippen LogP contribution in [0.4, 0.5) is 11.4 Å². The number of carbonyl (C=O) groups excluding carboxylic acids is 2. The fraction of sp³-hybridized carbons (Fsp3) is 0.154. The topological polar surface area (TPSA) is 40.6 Å². The number of aryl methyl sites for hydroxylation is 3. The Hall–Kier alpha value is -3.31. The Morgan fingerprint density at radius 3 is 1.97 bits per heavy atom. The molecule has 1 heterocycles. The lowest BCUT2D eigenvalue weighted by atomic mass is 10.1. The molecule has 0 spiro atoms. The van der Waals surface area contributed by atoms with Gasteiger partial charge in [0.15, 0.2) is 0 Å². The summed E-state index contributed by atoms with van der Waals surface area (Å²) in [4.78, 5) is 31.6. The normalized spacial score (nSPS) is 13.9. The summed E-state index contributed by atoms with van der Waals surface area (Å²) in [6, 6.07) is 23.4. The third-order valence-corrected chi connectivity index (χ3v) is 6.28. The zero-order valence-electron chi connectivity index (χ0n) is 18.0. The summed E-state index contributed by atoms with van der Waals surface area (Å²) >= 11 is 1.34. The van der Waals surface area contributed by atoms with Crippen LogP contribution in [0.25, 0.3) is 0 Å². The standard InChI is InChI=1S/C26H24N2O2S/c1-17-10-12-22(13-11-17)31-24-23(27(4)20-8-6-5-7-9-20)25(29)28(26(24)30)21-15-18(2)14-19(3)16-21/h5-16H,1-4H3. The van der Waals surface area contributed by atoms with Crippen LogP contribution in [0.2, 0.25) is 0 Å². The van der Waals surface area contributed by atoms with Crippen LogP contribution in [0.3, 0.4) is 0 Å². The van der Waals surface area contributed by atoms with Gasteiger partial charge in [-0.15, -0.1) is 0 Å². The number of anilines is 2. The molecule has 3 aromatic carbocycles. The van der Waals surface area contributed by atoms with Crippen LogP contribution in [0.15, 0.2) is 88.3 Å². The molecule has 0 aliphatic carbocycles. The summed E-state index contributed by atoms with van der Waals surface area (Å²) in [5.41, 5.74) is 5.00. The molecule has 5 heteroatoms. The third-order valence-electron chi connectivity index (χ3n) is 5.20. The largest absolute Gasteiger partial charge is 0.339 e. The summed E-state index contributed by atoms with van der Waals surface area (Å²) in [7, 11) is 1.83. The van der Waals surface area contributed by atoms with Gasteiger partial charge in [0, 0.05) is 17.6 Å². The minimum Gasteiger partial charge on any atom is -0.339 e. The monoisotopic (exact) mass is 428 g/mol. The molecule has 156 valence electrons. The Morgan fingerprint density at radius 1 is 0.742 bits per heavy atom. The number of likely N-dealkylation sites (N-methyl/N-ethyl adjacent to an activating group) is 1. The fourth-order valence-corrected chi connectivity index (χ4v) is 4.71. The number of benzene rings is 3. The van der Waals surface area contributed by atoms with Crippen molar-refractivity contribution in [3.63, 3.8) is 0 Å². The van der Waals surface area contributed by atoms with Gasteiger partial charge in [-0.25, -0.2) is 4.90 Å². The predicted molar refractivity (Wildman–Crippen MR) is 127 cm³/mol. The van der Waals surface area contributed by atoms with Crippen molar-refractivity contribution in [1.82, 2.24) is 0 Å². The maximum Gasteiger partial charge on any atom is 0.283 e. The van der Waals surface area contributed by atoms with Gasteiger partial charge in [-0.05, 0) is 68.3 Å². The van der Waals surface area contributed by atoms with Crippen LogP contribution < -0.4 is 9.80 Å². The first-order chi connectivity index (χ1) is 14.8. The van der Waals surface area contributed by atoms with Gasteiger partial charge in [0.1, 0.15) is 10.6 Å². The molecule has 0 bridgehead atoms. The van der Waals surface area contributed by atoms with Crippen LogP contribution >= 0.6 is 11.8 Å². The van der Waals surface area contributed by atoms with Crippen LogP contribution in [0.5, 0.6) is 0 Å². The van der Waals surface area contributed by atoms with Crippen molar-refractivity contribution in [3.05, 3.63) is 100 Å². The van der Waals surface area contributed by atoms with Crippen molar-refractivity contribution in [2.45, 2.75) is 25.7 Å². The van der Waals surface area contributed by atoms with E-state index in [-0.39, 0.29) is 11.8 Å². The lowest BCUT2D eigenvalue weighted by Crippen LogP contribution is -2.34. The van der Waals surface area contributed by atoms with E-state index in [4.69, 9.17) is 0 Å². The first kappa shape index (κ1) is 20.9. The number of nitrogens with zero attached hydrogens (tertiary/aromatic N) is 2. The molecule has 3 aromatic rings. The molecule has 4 rings (SSSR count). The van der Waals surface area contributed by atoms with Crippen molar-refractivity contribution in [2.75, 3.05) is 16.8 Å². The van der Waals surface area contributed by atoms with Crippen molar-refractivity contribution < 1.29 is 9.59 Å². The highest BCUT2D eigenvalue weighted by atomic mass is 32.2. The summed E-state index contributed by atoms with van der Waals surface area (Å²) in [6.45, 7) is 5.95. The number of carbonyl (C=O) groups is 2. The van der Waals surface area contributed by atoms with Gasteiger partial charge in [-0.2, -0.15) is 0 Å². The Morgan fingerprint density at radius 2 is 1.35 bits per heavy atom. The van der Waals surface area contributed by atoms with Crippen molar-refractivity contribution in [3.8, 4) is 0 Å². The molecule has 4 nitrogen and oxygen atoms in total. The van der Waals surface area contributed by atoms with Gasteiger partial charge < -0.3 is 4.90 Å². The summed E-state index contributed by atoms with van der Waals surface area (Å²) < 4.78 is 0. The molecular weight excluding hydrogens is 404 g/mol. The van der Waals surface area contributed by atoms with Crippen molar-refractivity contribution in [1.29, 1.82) is 0 Å². The van der Waals surface area contributed by atoms with Gasteiger partial charge in [0.2, 0.25) is 0 Å². The van der Waals surface area contributed by atoms with E-state index in [0.29, 0.717) is 16.3 Å². The maximum atomic E-state index is 13.6. The molecule has 0 fully saturated rings. The number of thioether (sulfide) groups is 1. The highest BCUT2D eigenvalue weighted by Gasteiger charge is 2.42. The third kappa shape index (κ3) is 4.14. The predicted octanol–water partition coefficient (Wildman–Crippen LogP) is 5.63. The summed E-state index contributed by atoms with van der Waals surface area (Å²) in [5.74, 6) is -0.602. The quantitative estimate of drug-likeness (QED) is 0.494. The highest BCUT2D eigenvalue weighted by Crippen LogP contribution is 2.40. The van der Waals surface area contributed by atoms with E-state index in [9.17, 15) is 9.59 Å². The average molecular weight is 429 g/mol. The van der Waals surface area contributed by atoms with Gasteiger partial charge in [0.05, 0.1) is 5.69 Å². The Kier molecular flexibility index (Phi) is 5.70. The van der Waals surface area contributed by atoms with E-state index in [0.717, 1.165) is 27.3 Å². The van der Waals surface area contributed by atoms with Crippen LogP contribution in [-0.2, 0) is 9.59 Å². The number of hydrogen-bond donors (Lipinski definition) is 0. The van der Waals surface area contributed by atoms with Crippen LogP contribution in [0, 0.1) is 20.8 Å². The lowest BCUT2D eigenvalue weighted by Gasteiger charge is -2.21. The molecule has 0 saturated carbocycles. The second kappa shape index (κ2) is 8.44. The molecule has 1 aliphatic rings. The van der Waals surface area contributed by atoms with E-state index in [2.05, 4.69) is 0 Å². The molecule has 31 heavy (non-hydrogen) atoms. The lowest BCUT2D eigenvalue weighted by molar-refractivity contribution is -0.120. The maximum absolute atomic E-state index is 13.6. The minimum absolute atomic E-state index is 0.293. The molecule has 0 radical (unpaired) electrons. The van der Waals surface area contributed by atoms with Gasteiger partial charge in [-0.3, -0.25) is 9.59 Å². The summed E-state index contributed by atoms with van der Waals surface area (Å²) in [5, 5.41) is 0. The number of rotatable bonds is 5. The van der Waals surface area contributed by atoms with E-state index < -0.39 is 0 Å². The number of amides is 2. The first-order valence-corrected chi connectivity index (χ1v) is 10.9. The smallest absolute Gasteiger partial charge is 0.283 e. The number of hydrogen-bond acceptors (Lipinski definition) is 4. The molecule has 2 amide bonds. The second-order valence-corrected chi connectivity index (χ2v) is 8.86. The zero-order valence-corrected chi connectivity index (χ0v) is 18.9. The number of para-hydroxylation sites is 1. The van der Waals surface area contributed by atoms with E-state index in [1.807, 2.05) is 101 Å². The average Bonchev–Trinajstić information content (AvgIpc) is 2.98. The number of imide groups is 1. The molecule has 0 saturated heterocycles. The zero-order chi connectivity index (χ0) is 22.1. The SMILES string of the molecule is Cc1ccc(SC2=C(N(C)c3ccccc3)C(=O)N(c3cc(C)cc(C)c3)C2=O)cc1. The fourth-order valence-electron chi connectivity index (χ4n) is 3.70. The molecule has 0 unspecified atom stereocenters.